The zero-order valence-corrected chi connectivity index (χ0v) is 11.8. The molecule has 1 aromatic heterocycles. The third-order valence-electron chi connectivity index (χ3n) is 3.78. The summed E-state index contributed by atoms with van der Waals surface area (Å²) in [5.74, 6) is 0. The molecular weight excluding hydrogens is 242 g/mol. The highest BCUT2D eigenvalue weighted by Gasteiger charge is 2.20. The molecule has 2 heterocycles. The van der Waals surface area contributed by atoms with E-state index in [0.29, 0.717) is 6.04 Å². The SMILES string of the molecule is Cc1cccc2sc(NCC3CCCN3C)nc12. The van der Waals surface area contributed by atoms with Crippen LogP contribution in [0.5, 0.6) is 0 Å². The van der Waals surface area contributed by atoms with Crippen LogP contribution in [0.1, 0.15) is 18.4 Å². The molecule has 0 bridgehead atoms. The minimum Gasteiger partial charge on any atom is -0.360 e. The number of hydrogen-bond donors (Lipinski definition) is 1. The predicted octanol–water partition coefficient (Wildman–Crippen LogP) is 3.11. The highest BCUT2D eigenvalue weighted by molar-refractivity contribution is 7.22. The second kappa shape index (κ2) is 4.86. The average molecular weight is 261 g/mol. The molecule has 1 aliphatic rings. The molecule has 1 unspecified atom stereocenters. The van der Waals surface area contributed by atoms with Gasteiger partial charge in [-0.15, -0.1) is 0 Å². The summed E-state index contributed by atoms with van der Waals surface area (Å²) < 4.78 is 1.28. The summed E-state index contributed by atoms with van der Waals surface area (Å²) in [7, 11) is 2.21. The number of thiazole rings is 1. The van der Waals surface area contributed by atoms with Crippen molar-refractivity contribution in [2.75, 3.05) is 25.5 Å². The van der Waals surface area contributed by atoms with Crippen LogP contribution in [0.25, 0.3) is 10.2 Å². The molecule has 1 aliphatic heterocycles. The van der Waals surface area contributed by atoms with E-state index in [-0.39, 0.29) is 0 Å². The Morgan fingerprint density at radius 3 is 3.11 bits per heavy atom. The topological polar surface area (TPSA) is 28.2 Å². The number of likely N-dealkylation sites (N-methyl/N-ethyl adjacent to an activating group) is 1. The number of nitrogens with zero attached hydrogens (tertiary/aromatic N) is 2. The lowest BCUT2D eigenvalue weighted by Gasteiger charge is -2.19. The van der Waals surface area contributed by atoms with Crippen molar-refractivity contribution in [3.63, 3.8) is 0 Å². The molecule has 0 aliphatic carbocycles. The van der Waals surface area contributed by atoms with Crippen molar-refractivity contribution in [1.82, 2.24) is 9.88 Å². The standard InChI is InChI=1S/C14H19N3S/c1-10-5-3-7-12-13(10)16-14(18-12)15-9-11-6-4-8-17(11)2/h3,5,7,11H,4,6,8-9H2,1-2H3,(H,15,16). The molecule has 1 fully saturated rings. The van der Waals surface area contributed by atoms with Crippen molar-refractivity contribution in [1.29, 1.82) is 0 Å². The molecular formula is C14H19N3S. The van der Waals surface area contributed by atoms with Crippen molar-refractivity contribution in [2.24, 2.45) is 0 Å². The Morgan fingerprint density at radius 2 is 2.39 bits per heavy atom. The minimum atomic E-state index is 0.665. The number of aryl methyl sites for hydroxylation is 1. The van der Waals surface area contributed by atoms with E-state index in [1.165, 1.54) is 29.6 Å². The van der Waals surface area contributed by atoms with E-state index in [4.69, 9.17) is 0 Å². The Labute approximate surface area is 112 Å². The average Bonchev–Trinajstić information content (AvgIpc) is 2.93. The van der Waals surface area contributed by atoms with Crippen LogP contribution in [-0.4, -0.2) is 36.1 Å². The van der Waals surface area contributed by atoms with Crippen molar-refractivity contribution in [3.05, 3.63) is 23.8 Å². The van der Waals surface area contributed by atoms with Crippen LogP contribution < -0.4 is 5.32 Å². The number of para-hydroxylation sites is 1. The summed E-state index contributed by atoms with van der Waals surface area (Å²) in [5.41, 5.74) is 2.40. The number of benzene rings is 1. The van der Waals surface area contributed by atoms with Gasteiger partial charge in [0.15, 0.2) is 5.13 Å². The fourth-order valence-corrected chi connectivity index (χ4v) is 3.55. The lowest BCUT2D eigenvalue weighted by molar-refractivity contribution is 0.322. The second-order valence-electron chi connectivity index (χ2n) is 5.10. The zero-order chi connectivity index (χ0) is 12.5. The first-order valence-corrected chi connectivity index (χ1v) is 7.36. The van der Waals surface area contributed by atoms with Gasteiger partial charge in [0.25, 0.3) is 0 Å². The van der Waals surface area contributed by atoms with Gasteiger partial charge < -0.3 is 10.2 Å². The minimum absolute atomic E-state index is 0.665. The first-order chi connectivity index (χ1) is 8.74. The molecule has 3 nitrogen and oxygen atoms in total. The quantitative estimate of drug-likeness (QED) is 0.920. The van der Waals surface area contributed by atoms with Gasteiger partial charge in [-0.25, -0.2) is 4.98 Å². The van der Waals surface area contributed by atoms with Crippen LogP contribution in [0.4, 0.5) is 5.13 Å². The van der Waals surface area contributed by atoms with E-state index in [9.17, 15) is 0 Å². The lowest BCUT2D eigenvalue weighted by Crippen LogP contribution is -2.31. The lowest BCUT2D eigenvalue weighted by atomic mass is 10.2. The number of rotatable bonds is 3. The third-order valence-corrected chi connectivity index (χ3v) is 4.76. The molecule has 1 atom stereocenters. The van der Waals surface area contributed by atoms with E-state index >= 15 is 0 Å². The molecule has 18 heavy (non-hydrogen) atoms. The van der Waals surface area contributed by atoms with Crippen molar-refractivity contribution in [2.45, 2.75) is 25.8 Å². The molecule has 0 amide bonds. The summed E-state index contributed by atoms with van der Waals surface area (Å²) in [6, 6.07) is 7.03. The van der Waals surface area contributed by atoms with E-state index in [2.05, 4.69) is 47.4 Å². The van der Waals surface area contributed by atoms with E-state index < -0.39 is 0 Å². The Kier molecular flexibility index (Phi) is 3.22. The summed E-state index contributed by atoms with van der Waals surface area (Å²) in [6.07, 6.45) is 2.62. The van der Waals surface area contributed by atoms with Crippen LogP contribution >= 0.6 is 11.3 Å². The number of nitrogens with one attached hydrogen (secondary N) is 1. The molecule has 1 saturated heterocycles. The molecule has 0 saturated carbocycles. The Balaban J connectivity index is 1.73. The van der Waals surface area contributed by atoms with Gasteiger partial charge in [0.1, 0.15) is 0 Å². The zero-order valence-electron chi connectivity index (χ0n) is 10.9. The fraction of sp³-hybridized carbons (Fsp3) is 0.500. The Bertz CT molecular complexity index is 549. The van der Waals surface area contributed by atoms with E-state index in [0.717, 1.165) is 17.2 Å². The predicted molar refractivity (Wildman–Crippen MR) is 78.5 cm³/mol. The number of aromatic nitrogens is 1. The highest BCUT2D eigenvalue weighted by Crippen LogP contribution is 2.28. The highest BCUT2D eigenvalue weighted by atomic mass is 32.1. The molecule has 96 valence electrons. The number of likely N-dealkylation sites (tertiary alicyclic amines) is 1. The normalized spacial score (nSPS) is 20.7. The molecule has 0 radical (unpaired) electrons. The van der Waals surface area contributed by atoms with Crippen molar-refractivity contribution in [3.8, 4) is 0 Å². The van der Waals surface area contributed by atoms with Crippen LogP contribution in [0, 0.1) is 6.92 Å². The molecule has 2 aromatic rings. The van der Waals surface area contributed by atoms with Crippen LogP contribution in [-0.2, 0) is 0 Å². The van der Waals surface area contributed by atoms with Gasteiger partial charge in [0, 0.05) is 12.6 Å². The maximum atomic E-state index is 4.69. The van der Waals surface area contributed by atoms with Gasteiger partial charge in [-0.1, -0.05) is 23.5 Å². The molecule has 1 N–H and O–H groups in total. The summed E-state index contributed by atoms with van der Waals surface area (Å²) in [6.45, 7) is 4.36. The van der Waals surface area contributed by atoms with E-state index in [1.54, 1.807) is 11.3 Å². The molecule has 0 spiro atoms. The summed E-state index contributed by atoms with van der Waals surface area (Å²) in [5, 5.41) is 4.55. The van der Waals surface area contributed by atoms with Gasteiger partial charge >= 0.3 is 0 Å². The van der Waals surface area contributed by atoms with Gasteiger partial charge in [0.2, 0.25) is 0 Å². The van der Waals surface area contributed by atoms with Gasteiger partial charge in [-0.05, 0) is 45.0 Å². The van der Waals surface area contributed by atoms with Gasteiger partial charge in [0.05, 0.1) is 10.2 Å². The summed E-state index contributed by atoms with van der Waals surface area (Å²) >= 11 is 1.76. The number of fused-ring (bicyclic) bond motifs is 1. The fourth-order valence-electron chi connectivity index (χ4n) is 2.60. The maximum absolute atomic E-state index is 4.69. The van der Waals surface area contributed by atoms with Gasteiger partial charge in [-0.3, -0.25) is 0 Å². The molecule has 3 rings (SSSR count). The van der Waals surface area contributed by atoms with Crippen molar-refractivity contribution < 1.29 is 0 Å². The Morgan fingerprint density at radius 1 is 1.50 bits per heavy atom. The maximum Gasteiger partial charge on any atom is 0.183 e. The van der Waals surface area contributed by atoms with E-state index in [1.807, 2.05) is 0 Å². The summed E-state index contributed by atoms with van der Waals surface area (Å²) in [4.78, 5) is 7.12. The van der Waals surface area contributed by atoms with Gasteiger partial charge in [-0.2, -0.15) is 0 Å². The third kappa shape index (κ3) is 2.22. The number of hydrogen-bond acceptors (Lipinski definition) is 4. The first-order valence-electron chi connectivity index (χ1n) is 6.54. The first kappa shape index (κ1) is 11.9. The van der Waals surface area contributed by atoms with Crippen LogP contribution in [0.3, 0.4) is 0 Å². The van der Waals surface area contributed by atoms with Crippen LogP contribution in [0.15, 0.2) is 18.2 Å². The van der Waals surface area contributed by atoms with Crippen LogP contribution in [0.2, 0.25) is 0 Å². The second-order valence-corrected chi connectivity index (χ2v) is 6.13. The van der Waals surface area contributed by atoms with Crippen molar-refractivity contribution >= 4 is 26.7 Å². The largest absolute Gasteiger partial charge is 0.360 e. The Hall–Kier alpha value is -1.13. The number of anilines is 1. The molecule has 1 aromatic carbocycles. The smallest absolute Gasteiger partial charge is 0.183 e. The monoisotopic (exact) mass is 261 g/mol. The molecule has 4 heteroatoms.